The van der Waals surface area contributed by atoms with Crippen LogP contribution in [0.4, 0.5) is 19.0 Å². The first-order valence-electron chi connectivity index (χ1n) is 7.18. The zero-order valence-corrected chi connectivity index (χ0v) is 14.0. The van der Waals surface area contributed by atoms with E-state index in [4.69, 9.17) is 17.0 Å². The Bertz CT molecular complexity index is 1020. The number of nitrogens with zero attached hydrogens (tertiary/aromatic N) is 1. The van der Waals surface area contributed by atoms with Gasteiger partial charge >= 0.3 is 0 Å². The molecule has 0 aliphatic carbocycles. The first-order chi connectivity index (χ1) is 12.4. The fourth-order valence-corrected chi connectivity index (χ4v) is 2.47. The summed E-state index contributed by atoms with van der Waals surface area (Å²) in [6, 6.07) is 5.30. The van der Waals surface area contributed by atoms with E-state index in [2.05, 4.69) is 20.8 Å². The third kappa shape index (κ3) is 3.31. The number of rotatable bonds is 3. The minimum Gasteiger partial charge on any atom is -0.494 e. The summed E-state index contributed by atoms with van der Waals surface area (Å²) < 4.78 is 45.3. The van der Waals surface area contributed by atoms with E-state index in [1.165, 1.54) is 19.2 Å². The van der Waals surface area contributed by atoms with Gasteiger partial charge in [0.1, 0.15) is 17.1 Å². The number of amides is 1. The zero-order valence-electron chi connectivity index (χ0n) is 13.2. The number of aromatic amines is 1. The van der Waals surface area contributed by atoms with Crippen molar-refractivity contribution in [3.8, 4) is 5.75 Å². The molecule has 0 fully saturated rings. The van der Waals surface area contributed by atoms with Crippen molar-refractivity contribution in [2.45, 2.75) is 0 Å². The topological polar surface area (TPSA) is 79.0 Å². The average Bonchev–Trinajstić information content (AvgIpc) is 3.02. The molecule has 0 unspecified atom stereocenters. The molecule has 2 aromatic carbocycles. The number of hydrogen-bond donors (Lipinski definition) is 3. The maximum atomic E-state index is 14.1. The van der Waals surface area contributed by atoms with Crippen molar-refractivity contribution in [2.24, 2.45) is 0 Å². The second-order valence-electron chi connectivity index (χ2n) is 5.11. The van der Waals surface area contributed by atoms with Crippen LogP contribution >= 0.6 is 12.2 Å². The van der Waals surface area contributed by atoms with Crippen molar-refractivity contribution in [1.29, 1.82) is 0 Å². The van der Waals surface area contributed by atoms with Crippen LogP contribution in [0.2, 0.25) is 0 Å². The lowest BCUT2D eigenvalue weighted by Gasteiger charge is -2.08. The first-order valence-corrected chi connectivity index (χ1v) is 7.59. The lowest BCUT2D eigenvalue weighted by atomic mass is 10.2. The van der Waals surface area contributed by atoms with Crippen LogP contribution < -0.4 is 15.4 Å². The number of methoxy groups -OCH3 is 1. The van der Waals surface area contributed by atoms with Crippen LogP contribution in [0.5, 0.6) is 5.75 Å². The van der Waals surface area contributed by atoms with Crippen LogP contribution in [0, 0.1) is 17.5 Å². The number of ether oxygens (including phenoxy) is 1. The molecule has 10 heteroatoms. The number of H-pyrrole nitrogens is 1. The standard InChI is InChI=1S/C16H11F3N4O2S/c1-25-11-5-4-9(18)12-13(11)22-23-14(12)20-16(26)21-15(24)7-2-3-8(17)10(19)6-7/h2-6H,1H3,(H3,20,21,22,23,24,26). The summed E-state index contributed by atoms with van der Waals surface area (Å²) in [7, 11) is 1.42. The Hall–Kier alpha value is -3.14. The van der Waals surface area contributed by atoms with Gasteiger partial charge in [-0.2, -0.15) is 5.10 Å². The van der Waals surface area contributed by atoms with Gasteiger partial charge in [0.25, 0.3) is 5.91 Å². The smallest absolute Gasteiger partial charge is 0.257 e. The largest absolute Gasteiger partial charge is 0.494 e. The molecule has 0 radical (unpaired) electrons. The fourth-order valence-electron chi connectivity index (χ4n) is 2.28. The average molecular weight is 380 g/mol. The number of anilines is 1. The van der Waals surface area contributed by atoms with E-state index < -0.39 is 23.4 Å². The molecule has 134 valence electrons. The van der Waals surface area contributed by atoms with E-state index in [0.717, 1.165) is 18.2 Å². The molecule has 1 aromatic heterocycles. The van der Waals surface area contributed by atoms with Gasteiger partial charge in [-0.3, -0.25) is 15.2 Å². The molecule has 3 rings (SSSR count). The Balaban J connectivity index is 1.79. The molecule has 0 atom stereocenters. The van der Waals surface area contributed by atoms with E-state index >= 15 is 0 Å². The second-order valence-corrected chi connectivity index (χ2v) is 5.52. The molecule has 0 saturated heterocycles. The van der Waals surface area contributed by atoms with E-state index in [1.807, 2.05) is 0 Å². The van der Waals surface area contributed by atoms with Gasteiger partial charge in [0.05, 0.1) is 12.5 Å². The van der Waals surface area contributed by atoms with E-state index in [1.54, 1.807) is 0 Å². The van der Waals surface area contributed by atoms with Crippen molar-refractivity contribution in [2.75, 3.05) is 12.4 Å². The highest BCUT2D eigenvalue weighted by atomic mass is 32.1. The van der Waals surface area contributed by atoms with Crippen molar-refractivity contribution >= 4 is 40.0 Å². The maximum absolute atomic E-state index is 14.1. The second kappa shape index (κ2) is 7.00. The quantitative estimate of drug-likeness (QED) is 0.609. The monoisotopic (exact) mass is 380 g/mol. The molecule has 0 bridgehead atoms. The highest BCUT2D eigenvalue weighted by Crippen LogP contribution is 2.30. The third-order valence-corrected chi connectivity index (χ3v) is 3.70. The zero-order chi connectivity index (χ0) is 18.8. The number of thiocarbonyl (C=S) groups is 1. The summed E-state index contributed by atoms with van der Waals surface area (Å²) in [5, 5.41) is 11.3. The number of hydrogen-bond acceptors (Lipinski definition) is 4. The molecule has 3 N–H and O–H groups in total. The minimum atomic E-state index is -1.16. The highest BCUT2D eigenvalue weighted by molar-refractivity contribution is 7.80. The normalized spacial score (nSPS) is 10.6. The molecule has 1 heterocycles. The van der Waals surface area contributed by atoms with Gasteiger partial charge in [0.15, 0.2) is 22.6 Å². The van der Waals surface area contributed by atoms with Crippen LogP contribution in [0.25, 0.3) is 10.9 Å². The Morgan fingerprint density at radius 3 is 2.58 bits per heavy atom. The molecule has 0 aliphatic rings. The number of fused-ring (bicyclic) bond motifs is 1. The van der Waals surface area contributed by atoms with Crippen LogP contribution in [-0.4, -0.2) is 28.3 Å². The summed E-state index contributed by atoms with van der Waals surface area (Å²) in [5.41, 5.74) is 0.178. The van der Waals surface area contributed by atoms with Crippen LogP contribution in [0.3, 0.4) is 0 Å². The van der Waals surface area contributed by atoms with E-state index in [-0.39, 0.29) is 21.9 Å². The lowest BCUT2D eigenvalue weighted by Crippen LogP contribution is -2.34. The number of benzene rings is 2. The maximum Gasteiger partial charge on any atom is 0.257 e. The van der Waals surface area contributed by atoms with E-state index in [9.17, 15) is 18.0 Å². The predicted octanol–water partition coefficient (Wildman–Crippen LogP) is 3.12. The van der Waals surface area contributed by atoms with Crippen molar-refractivity contribution in [3.05, 3.63) is 53.3 Å². The SMILES string of the molecule is COc1ccc(F)c2c(NC(=S)NC(=O)c3ccc(F)c(F)c3)n[nH]c12. The molecule has 6 nitrogen and oxygen atoms in total. The summed E-state index contributed by atoms with van der Waals surface area (Å²) in [6.07, 6.45) is 0. The van der Waals surface area contributed by atoms with Gasteiger partial charge in [0.2, 0.25) is 0 Å². The number of carbonyl (C=O) groups excluding carboxylic acids is 1. The first kappa shape index (κ1) is 17.7. The molecule has 0 spiro atoms. The Morgan fingerprint density at radius 1 is 1.15 bits per heavy atom. The van der Waals surface area contributed by atoms with Gasteiger partial charge in [-0.25, -0.2) is 13.2 Å². The van der Waals surface area contributed by atoms with Gasteiger partial charge in [-0.15, -0.1) is 0 Å². The summed E-state index contributed by atoms with van der Waals surface area (Å²) in [5.74, 6) is -3.17. The summed E-state index contributed by atoms with van der Waals surface area (Å²) in [4.78, 5) is 12.0. The lowest BCUT2D eigenvalue weighted by molar-refractivity contribution is 0.0977. The van der Waals surface area contributed by atoms with E-state index in [0.29, 0.717) is 11.3 Å². The van der Waals surface area contributed by atoms with Gasteiger partial charge in [0, 0.05) is 5.56 Å². The molecular weight excluding hydrogens is 369 g/mol. The number of carbonyl (C=O) groups is 1. The fraction of sp³-hybridized carbons (Fsp3) is 0.0625. The molecule has 1 amide bonds. The highest BCUT2D eigenvalue weighted by Gasteiger charge is 2.17. The minimum absolute atomic E-state index is 0.0342. The van der Waals surface area contributed by atoms with Crippen molar-refractivity contribution < 1.29 is 22.7 Å². The summed E-state index contributed by atoms with van der Waals surface area (Å²) >= 11 is 4.99. The Kier molecular flexibility index (Phi) is 4.76. The number of nitrogens with one attached hydrogen (secondary N) is 3. The number of halogens is 3. The molecule has 0 aliphatic heterocycles. The van der Waals surface area contributed by atoms with Crippen molar-refractivity contribution in [3.63, 3.8) is 0 Å². The van der Waals surface area contributed by atoms with Crippen molar-refractivity contribution in [1.82, 2.24) is 15.5 Å². The van der Waals surface area contributed by atoms with Crippen LogP contribution in [0.15, 0.2) is 30.3 Å². The summed E-state index contributed by atoms with van der Waals surface area (Å²) in [6.45, 7) is 0. The molecule has 0 saturated carbocycles. The molecule has 3 aromatic rings. The van der Waals surface area contributed by atoms with Gasteiger partial charge in [-0.1, -0.05) is 0 Å². The van der Waals surface area contributed by atoms with Crippen LogP contribution in [0.1, 0.15) is 10.4 Å². The molecule has 26 heavy (non-hydrogen) atoms. The number of aromatic nitrogens is 2. The Morgan fingerprint density at radius 2 is 1.88 bits per heavy atom. The third-order valence-electron chi connectivity index (χ3n) is 3.49. The van der Waals surface area contributed by atoms with Gasteiger partial charge in [-0.05, 0) is 42.5 Å². The predicted molar refractivity (Wildman–Crippen MR) is 92.6 cm³/mol. The van der Waals surface area contributed by atoms with Crippen LogP contribution in [-0.2, 0) is 0 Å². The Labute approximate surface area is 150 Å². The molecular formula is C16H11F3N4O2S. The van der Waals surface area contributed by atoms with Gasteiger partial charge < -0.3 is 10.1 Å².